The minimum absolute atomic E-state index is 0.150. The second-order valence-corrected chi connectivity index (χ2v) is 20.7. The molecule has 4 saturated carbocycles. The van der Waals surface area contributed by atoms with Crippen LogP contribution in [0.5, 0.6) is 0 Å². The Labute approximate surface area is 346 Å². The molecule has 0 bridgehead atoms. The highest BCUT2D eigenvalue weighted by molar-refractivity contribution is 5.15. The summed E-state index contributed by atoms with van der Waals surface area (Å²) in [5.41, 5.74) is 0.392. The first kappa shape index (κ1) is 43.6. The van der Waals surface area contributed by atoms with Gasteiger partial charge in [0.25, 0.3) is 0 Å². The number of aliphatic hydroxyl groups excluding tert-OH is 8. The van der Waals surface area contributed by atoms with Gasteiger partial charge in [0, 0.05) is 12.3 Å². The molecule has 4 aliphatic carbocycles. The van der Waals surface area contributed by atoms with Crippen molar-refractivity contribution < 1.29 is 78.7 Å². The Bertz CT molecular complexity index is 1470. The quantitative estimate of drug-likeness (QED) is 0.164. The largest absolute Gasteiger partial charge is 0.388 e. The molecule has 0 radical (unpaired) electrons. The number of rotatable bonds is 7. The summed E-state index contributed by atoms with van der Waals surface area (Å²) < 4.78 is 48.9. The number of hydrogen-bond acceptors (Lipinski definition) is 16. The van der Waals surface area contributed by atoms with E-state index in [1.165, 1.54) is 19.3 Å². The predicted molar refractivity (Wildman–Crippen MR) is 204 cm³/mol. The van der Waals surface area contributed by atoms with Crippen LogP contribution in [0.4, 0.5) is 0 Å². The van der Waals surface area contributed by atoms with Crippen LogP contribution in [0.2, 0.25) is 0 Å². The summed E-state index contributed by atoms with van der Waals surface area (Å²) in [6.07, 6.45) is -8.46. The molecule has 0 aromatic rings. The molecule has 25 atom stereocenters. The van der Waals surface area contributed by atoms with Gasteiger partial charge in [-0.1, -0.05) is 27.7 Å². The Morgan fingerprint density at radius 3 is 2.02 bits per heavy atom. The van der Waals surface area contributed by atoms with Crippen LogP contribution in [-0.4, -0.2) is 165 Å². The number of hydrogen-bond donors (Lipinski definition) is 8. The van der Waals surface area contributed by atoms with Crippen molar-refractivity contribution in [3.8, 4) is 0 Å². The first-order chi connectivity index (χ1) is 28.0. The second-order valence-electron chi connectivity index (χ2n) is 20.7. The highest BCUT2D eigenvalue weighted by Crippen LogP contribution is 2.71. The van der Waals surface area contributed by atoms with Crippen LogP contribution in [0.3, 0.4) is 0 Å². The number of aliphatic hydroxyl groups is 8. The average Bonchev–Trinajstić information content (AvgIpc) is 3.66. The van der Waals surface area contributed by atoms with E-state index in [2.05, 4.69) is 27.7 Å². The maximum Gasteiger partial charge on any atom is 0.186 e. The SMILES string of the molecule is C[C@H]1CC[C@@]2(OC1)O[C@H]1C[C@H]3[C@@H]4CC[C@@H]5C[C@@H](O[C@H]6O[C@H](CO[C@@H]7OC[C@H](O)[C@H](O)[C@H]7O)[C@@H](O[C@@H]7OC[C@H](O)[C@H](O)[C@H]7O)[C@H](O)[C@H]6O)CC[C@]5(C)[C@H]4CC[C@]3(C)[C@H]1[C@@H]2C. The lowest BCUT2D eigenvalue weighted by molar-refractivity contribution is -0.362. The standard InChI is InChI=1S/C43H70O16/c1-19-7-12-43(55-15-19)20(2)30-28(59-43)14-25-23-6-5-21-13-22(8-10-41(21,3)24(23)9-11-42(25,30)4)56-40-36(51)33(48)37(58-39-35(50)32(47)27(45)17-53-39)29(57-40)18-54-38-34(49)31(46)26(44)16-52-38/h19-40,44-51H,5-18H2,1-4H3/t19-,20-,21+,22-,23+,24-,25-,26-,27-,28-,29+,30-,31-,32-,33+,34+,35+,36+,37+,38-,39-,40-,41-,42-,43+/m0/s1. The van der Waals surface area contributed by atoms with Crippen molar-refractivity contribution in [2.45, 2.75) is 190 Å². The van der Waals surface area contributed by atoms with Crippen molar-refractivity contribution in [1.29, 1.82) is 0 Å². The summed E-state index contributed by atoms with van der Waals surface area (Å²) in [5.74, 6) is 3.40. The van der Waals surface area contributed by atoms with Crippen molar-refractivity contribution in [3.63, 3.8) is 0 Å². The van der Waals surface area contributed by atoms with E-state index < -0.39 is 85.7 Å². The number of fused-ring (bicyclic) bond motifs is 7. The van der Waals surface area contributed by atoms with Crippen LogP contribution >= 0.6 is 0 Å². The molecule has 59 heavy (non-hydrogen) atoms. The minimum Gasteiger partial charge on any atom is -0.388 e. The van der Waals surface area contributed by atoms with Gasteiger partial charge in [0.1, 0.15) is 61.0 Å². The molecule has 338 valence electrons. The van der Waals surface area contributed by atoms with E-state index in [0.29, 0.717) is 41.4 Å². The first-order valence-corrected chi connectivity index (χ1v) is 22.6. The second kappa shape index (κ2) is 16.4. The van der Waals surface area contributed by atoms with Gasteiger partial charge >= 0.3 is 0 Å². The maximum atomic E-state index is 11.5. The van der Waals surface area contributed by atoms with Gasteiger partial charge < -0.3 is 78.7 Å². The van der Waals surface area contributed by atoms with Crippen LogP contribution in [-0.2, 0) is 37.9 Å². The molecule has 9 rings (SSSR count). The third kappa shape index (κ3) is 7.38. The molecule has 5 saturated heterocycles. The van der Waals surface area contributed by atoms with Gasteiger partial charge in [-0.3, -0.25) is 0 Å². The van der Waals surface area contributed by atoms with Gasteiger partial charge in [0.05, 0.1) is 38.6 Å². The van der Waals surface area contributed by atoms with E-state index >= 15 is 0 Å². The minimum atomic E-state index is -1.68. The fourth-order valence-electron chi connectivity index (χ4n) is 14.0. The van der Waals surface area contributed by atoms with Gasteiger partial charge in [-0.15, -0.1) is 0 Å². The Morgan fingerprint density at radius 2 is 1.31 bits per heavy atom. The Morgan fingerprint density at radius 1 is 0.627 bits per heavy atom. The molecule has 16 heteroatoms. The third-order valence-corrected chi connectivity index (χ3v) is 17.5. The molecule has 0 amide bonds. The Kier molecular flexibility index (Phi) is 12.1. The van der Waals surface area contributed by atoms with Gasteiger partial charge in [-0.2, -0.15) is 0 Å². The fourth-order valence-corrected chi connectivity index (χ4v) is 14.0. The van der Waals surface area contributed by atoms with Crippen molar-refractivity contribution in [2.24, 2.45) is 52.3 Å². The molecule has 0 unspecified atom stereocenters. The first-order valence-electron chi connectivity index (χ1n) is 22.6. The molecule has 5 aliphatic heterocycles. The van der Waals surface area contributed by atoms with Gasteiger partial charge in [-0.05, 0) is 104 Å². The molecule has 0 aromatic heterocycles. The zero-order chi connectivity index (χ0) is 41.8. The summed E-state index contributed by atoms with van der Waals surface area (Å²) in [7, 11) is 0. The van der Waals surface area contributed by atoms with Crippen LogP contribution in [0.15, 0.2) is 0 Å². The molecule has 0 aromatic carbocycles. The Balaban J connectivity index is 0.855. The van der Waals surface area contributed by atoms with Crippen LogP contribution in [0.25, 0.3) is 0 Å². The van der Waals surface area contributed by atoms with Crippen molar-refractivity contribution >= 4 is 0 Å². The van der Waals surface area contributed by atoms with Crippen LogP contribution in [0.1, 0.15) is 91.9 Å². The third-order valence-electron chi connectivity index (χ3n) is 17.5. The molecular formula is C43H70O16. The summed E-state index contributed by atoms with van der Waals surface area (Å²) in [6, 6.07) is 0. The van der Waals surface area contributed by atoms with Gasteiger partial charge in [0.15, 0.2) is 24.7 Å². The normalized spacial score (nSPS) is 58.8. The topological polar surface area (TPSA) is 236 Å². The highest BCUT2D eigenvalue weighted by atomic mass is 16.8. The van der Waals surface area contributed by atoms with E-state index in [9.17, 15) is 40.9 Å². The predicted octanol–water partition coefficient (Wildman–Crippen LogP) is 0.545. The summed E-state index contributed by atoms with van der Waals surface area (Å²) in [6.45, 7) is 9.48. The van der Waals surface area contributed by atoms with Crippen molar-refractivity contribution in [3.05, 3.63) is 0 Å². The summed E-state index contributed by atoms with van der Waals surface area (Å²) in [5, 5.41) is 84.4. The lowest BCUT2D eigenvalue weighted by atomic mass is 9.44. The molecular weight excluding hydrogens is 772 g/mol. The van der Waals surface area contributed by atoms with E-state index in [0.717, 1.165) is 51.6 Å². The van der Waals surface area contributed by atoms with Crippen LogP contribution < -0.4 is 0 Å². The highest BCUT2D eigenvalue weighted by Gasteiger charge is 2.69. The summed E-state index contributed by atoms with van der Waals surface area (Å²) in [4.78, 5) is 0. The zero-order valence-corrected chi connectivity index (χ0v) is 34.9. The lowest BCUT2D eigenvalue weighted by Gasteiger charge is -2.61. The van der Waals surface area contributed by atoms with E-state index in [1.807, 2.05) is 0 Å². The fraction of sp³-hybridized carbons (Fsp3) is 1.00. The van der Waals surface area contributed by atoms with Crippen molar-refractivity contribution in [1.82, 2.24) is 0 Å². The smallest absolute Gasteiger partial charge is 0.186 e. The van der Waals surface area contributed by atoms with E-state index in [4.69, 9.17) is 37.9 Å². The number of ether oxygens (including phenoxy) is 8. The molecule has 16 nitrogen and oxygen atoms in total. The van der Waals surface area contributed by atoms with Crippen molar-refractivity contribution in [2.75, 3.05) is 26.4 Å². The average molecular weight is 843 g/mol. The van der Waals surface area contributed by atoms with Crippen LogP contribution in [0, 0.1) is 52.3 Å². The monoisotopic (exact) mass is 842 g/mol. The maximum absolute atomic E-state index is 11.5. The zero-order valence-electron chi connectivity index (χ0n) is 34.9. The van der Waals surface area contributed by atoms with Gasteiger partial charge in [0.2, 0.25) is 0 Å². The van der Waals surface area contributed by atoms with E-state index in [-0.39, 0.29) is 42.9 Å². The lowest BCUT2D eigenvalue weighted by Crippen LogP contribution is -2.64. The summed E-state index contributed by atoms with van der Waals surface area (Å²) >= 11 is 0. The van der Waals surface area contributed by atoms with Gasteiger partial charge in [-0.25, -0.2) is 0 Å². The molecule has 1 spiro atoms. The molecule has 9 aliphatic rings. The van der Waals surface area contributed by atoms with E-state index in [1.54, 1.807) is 0 Å². The Hall–Kier alpha value is -0.640. The molecule has 8 N–H and O–H groups in total. The molecule has 5 heterocycles. The molecule has 9 fully saturated rings.